The van der Waals surface area contributed by atoms with Gasteiger partial charge in [0.25, 0.3) is 0 Å². The smallest absolute Gasteiger partial charge is 0.335 e. The summed E-state index contributed by atoms with van der Waals surface area (Å²) in [5.41, 5.74) is 4.60. The Bertz CT molecular complexity index is 1480. The molecule has 42 heavy (non-hydrogen) atoms. The lowest BCUT2D eigenvalue weighted by Gasteiger charge is -2.13. The molecule has 2 atom stereocenters. The van der Waals surface area contributed by atoms with E-state index in [9.17, 15) is 10.2 Å². The van der Waals surface area contributed by atoms with E-state index in [1.165, 1.54) is 9.80 Å². The van der Waals surface area contributed by atoms with Crippen molar-refractivity contribution in [2.75, 3.05) is 27.2 Å². The Morgan fingerprint density at radius 3 is 1.52 bits per heavy atom. The summed E-state index contributed by atoms with van der Waals surface area (Å²) in [6.07, 6.45) is 19.7. The molecule has 0 radical (unpaired) electrons. The minimum absolute atomic E-state index is 0.0633. The molecule has 2 N–H and O–H groups in total. The molecule has 214 valence electrons. The minimum atomic E-state index is -0.0633. The van der Waals surface area contributed by atoms with Crippen LogP contribution >= 0.6 is 0 Å². The van der Waals surface area contributed by atoms with Gasteiger partial charge in [0.15, 0.2) is 12.4 Å². The van der Waals surface area contributed by atoms with Crippen molar-refractivity contribution >= 4 is 36.5 Å². The Kier molecular flexibility index (Phi) is 9.48. The zero-order valence-electron chi connectivity index (χ0n) is 24.2. The van der Waals surface area contributed by atoms with E-state index in [2.05, 4.69) is 56.6 Å². The molecule has 0 amide bonds. The standard InChI is InChI=1S/C34H36N6O2/c1-37-17-19-39(25-37)15-5-7-27-11-13-33(41)29(21-27)23-35-31-9-3-4-10-32(31)36-24-30-22-28(12-14-34(30)42)8-6-16-40-20-18-38(2)26-40/h3-4,9-14,17-26H,5-8,15-16H2,1-2H3/p+2. The van der Waals surface area contributed by atoms with E-state index < -0.39 is 0 Å². The van der Waals surface area contributed by atoms with Gasteiger partial charge in [-0.05, 0) is 47.2 Å². The van der Waals surface area contributed by atoms with E-state index in [0.717, 1.165) is 49.9 Å². The maximum absolute atomic E-state index is 12.6. The van der Waals surface area contributed by atoms with Crippen LogP contribution in [0.4, 0.5) is 11.4 Å². The van der Waals surface area contributed by atoms with E-state index >= 15 is 0 Å². The number of nitrogens with zero attached hydrogens (tertiary/aromatic N) is 4. The summed E-state index contributed by atoms with van der Waals surface area (Å²) in [7, 11) is 4.05. The molecule has 3 aromatic carbocycles. The second-order valence-corrected chi connectivity index (χ2v) is 10.8. The maximum atomic E-state index is 12.6. The number of rotatable bonds is 12. The second-order valence-electron chi connectivity index (χ2n) is 10.8. The maximum Gasteiger partial charge on any atom is 0.335 e. The van der Waals surface area contributed by atoms with Gasteiger partial charge in [-0.15, -0.1) is 11.5 Å². The highest BCUT2D eigenvalue weighted by atomic mass is 16.3. The van der Waals surface area contributed by atoms with Crippen LogP contribution in [0.1, 0.15) is 35.1 Å². The molecule has 2 heterocycles. The van der Waals surface area contributed by atoms with Crippen LogP contribution in [0, 0.1) is 0 Å². The van der Waals surface area contributed by atoms with Gasteiger partial charge in [0.1, 0.15) is 14.1 Å². The number of aryl methyl sites for hydroxylation is 2. The van der Waals surface area contributed by atoms with Crippen molar-refractivity contribution in [2.24, 2.45) is 9.98 Å². The normalized spacial score (nSPS) is 18.0. The minimum Gasteiger partial charge on any atom is -0.872 e. The summed E-state index contributed by atoms with van der Waals surface area (Å²) in [5, 5.41) is 25.1. The van der Waals surface area contributed by atoms with Gasteiger partial charge >= 0.3 is 12.7 Å². The van der Waals surface area contributed by atoms with Crippen LogP contribution in [-0.2, 0) is 12.8 Å². The Balaban J connectivity index is 1.23. The van der Waals surface area contributed by atoms with Gasteiger partial charge in [0.05, 0.1) is 24.5 Å². The summed E-state index contributed by atoms with van der Waals surface area (Å²) in [6.45, 7) is 1.99. The van der Waals surface area contributed by atoms with Crippen molar-refractivity contribution in [3.63, 3.8) is 0 Å². The molecule has 0 fully saturated rings. The SMILES string of the molecule is C[N+]1=C[NH+](CCCc2ccc([O-])c(C=Nc3ccccc3N=Cc3cc(CCC[NH+]4C=C[N+](C)=C4)ccc3[O-])c2)C=C1. The van der Waals surface area contributed by atoms with Crippen LogP contribution in [0.2, 0.25) is 0 Å². The zero-order valence-corrected chi connectivity index (χ0v) is 24.2. The average molecular weight is 563 g/mol. The molecule has 8 nitrogen and oxygen atoms in total. The summed E-state index contributed by atoms with van der Waals surface area (Å²) in [6, 6.07) is 18.4. The number of nitrogens with one attached hydrogen (secondary N) is 2. The fourth-order valence-corrected chi connectivity index (χ4v) is 5.08. The molecule has 0 saturated heterocycles. The Morgan fingerprint density at radius 1 is 0.667 bits per heavy atom. The van der Waals surface area contributed by atoms with E-state index in [4.69, 9.17) is 0 Å². The largest absolute Gasteiger partial charge is 0.872 e. The fraction of sp³-hybridized carbons (Fsp3) is 0.235. The molecule has 0 saturated carbocycles. The first-order valence-corrected chi connectivity index (χ1v) is 14.4. The van der Waals surface area contributed by atoms with Gasteiger partial charge in [-0.1, -0.05) is 48.5 Å². The first-order chi connectivity index (χ1) is 20.4. The Labute approximate surface area is 247 Å². The molecule has 3 aromatic rings. The van der Waals surface area contributed by atoms with Gasteiger partial charge in [0, 0.05) is 25.3 Å². The summed E-state index contributed by atoms with van der Waals surface area (Å²) in [4.78, 5) is 11.9. The number of aliphatic imine (C=N–C) groups is 2. The third kappa shape index (κ3) is 7.96. The third-order valence-electron chi connectivity index (χ3n) is 7.36. The molecular formula is C34H38N6O2+2. The number of benzene rings is 3. The van der Waals surface area contributed by atoms with E-state index in [1.807, 2.05) is 62.6 Å². The predicted octanol–water partition coefficient (Wildman–Crippen LogP) is 1.28. The van der Waals surface area contributed by atoms with Gasteiger partial charge in [0.2, 0.25) is 12.4 Å². The molecule has 8 heteroatoms. The molecule has 0 aromatic heterocycles. The lowest BCUT2D eigenvalue weighted by Crippen LogP contribution is -3.05. The van der Waals surface area contributed by atoms with Gasteiger partial charge < -0.3 is 10.2 Å². The van der Waals surface area contributed by atoms with Gasteiger partial charge in [-0.2, -0.15) is 9.15 Å². The van der Waals surface area contributed by atoms with Crippen LogP contribution in [0.25, 0.3) is 0 Å². The quantitative estimate of drug-likeness (QED) is 0.258. The second kappa shape index (κ2) is 13.8. The molecular weight excluding hydrogens is 524 g/mol. The Hall–Kier alpha value is -4.66. The highest BCUT2D eigenvalue weighted by Gasteiger charge is 2.14. The van der Waals surface area contributed by atoms with Crippen molar-refractivity contribution in [1.82, 2.24) is 0 Å². The number of hydrogen-bond acceptors (Lipinski definition) is 4. The molecule has 2 aliphatic heterocycles. The van der Waals surface area contributed by atoms with Gasteiger partial charge in [-0.3, -0.25) is 9.98 Å². The summed E-state index contributed by atoms with van der Waals surface area (Å²) >= 11 is 0. The Morgan fingerprint density at radius 2 is 1.12 bits per heavy atom. The lowest BCUT2D eigenvalue weighted by molar-refractivity contribution is -0.749. The summed E-state index contributed by atoms with van der Waals surface area (Å²) in [5.74, 6) is -0.127. The topological polar surface area (TPSA) is 85.7 Å². The number of para-hydroxylation sites is 2. The van der Waals surface area contributed by atoms with E-state index in [0.29, 0.717) is 22.5 Å². The third-order valence-corrected chi connectivity index (χ3v) is 7.36. The van der Waals surface area contributed by atoms with Gasteiger partial charge in [-0.25, -0.2) is 9.80 Å². The first kappa shape index (κ1) is 28.9. The van der Waals surface area contributed by atoms with E-state index in [-0.39, 0.29) is 11.5 Å². The first-order valence-electron chi connectivity index (χ1n) is 14.4. The van der Waals surface area contributed by atoms with Crippen molar-refractivity contribution in [2.45, 2.75) is 25.7 Å². The van der Waals surface area contributed by atoms with Crippen LogP contribution in [0.5, 0.6) is 11.5 Å². The molecule has 2 unspecified atom stereocenters. The average Bonchev–Trinajstić information content (AvgIpc) is 3.60. The van der Waals surface area contributed by atoms with Crippen LogP contribution < -0.4 is 20.0 Å². The van der Waals surface area contributed by atoms with Crippen molar-refractivity contribution in [1.29, 1.82) is 0 Å². The van der Waals surface area contributed by atoms with Crippen LogP contribution in [-0.4, -0.2) is 61.4 Å². The zero-order chi connectivity index (χ0) is 29.3. The number of hydrogen-bond donors (Lipinski definition) is 2. The molecule has 0 aliphatic carbocycles. The van der Waals surface area contributed by atoms with Crippen molar-refractivity contribution < 1.29 is 29.2 Å². The molecule has 2 aliphatic rings. The predicted molar refractivity (Wildman–Crippen MR) is 164 cm³/mol. The van der Waals surface area contributed by atoms with E-state index in [1.54, 1.807) is 24.6 Å². The fourth-order valence-electron chi connectivity index (χ4n) is 5.08. The van der Waals surface area contributed by atoms with Crippen molar-refractivity contribution in [3.8, 4) is 11.5 Å². The van der Waals surface area contributed by atoms with Crippen molar-refractivity contribution in [3.05, 3.63) is 108 Å². The molecule has 0 spiro atoms. The number of quaternary nitrogens is 2. The monoisotopic (exact) mass is 562 g/mol. The van der Waals surface area contributed by atoms with Crippen LogP contribution in [0.15, 0.2) is 95.4 Å². The molecule has 0 bridgehead atoms. The lowest BCUT2D eigenvalue weighted by atomic mass is 10.1. The highest BCUT2D eigenvalue weighted by Crippen LogP contribution is 2.28. The summed E-state index contributed by atoms with van der Waals surface area (Å²) < 4.78 is 4.12. The van der Waals surface area contributed by atoms with Crippen LogP contribution in [0.3, 0.4) is 0 Å². The molecule has 5 rings (SSSR count). The highest BCUT2D eigenvalue weighted by molar-refractivity contribution is 5.89.